The number of hydrogen-bond acceptors (Lipinski definition) is 5. The number of nitrogens with zero attached hydrogens (tertiary/aromatic N) is 1. The summed E-state index contributed by atoms with van der Waals surface area (Å²) in [5.74, 6) is -0.675. The minimum Gasteiger partial charge on any atom is -0.264 e. The Bertz CT molecular complexity index is 945. The quantitative estimate of drug-likeness (QED) is 0.735. The monoisotopic (exact) mass is 386 g/mol. The summed E-state index contributed by atoms with van der Waals surface area (Å²) >= 11 is 0. The van der Waals surface area contributed by atoms with Gasteiger partial charge in [-0.15, -0.1) is 0 Å². The van der Waals surface area contributed by atoms with Gasteiger partial charge in [0.2, 0.25) is 10.0 Å². The summed E-state index contributed by atoms with van der Waals surface area (Å²) in [7, 11) is -7.53. The van der Waals surface area contributed by atoms with Crippen LogP contribution in [0.5, 0.6) is 0 Å². The summed E-state index contributed by atoms with van der Waals surface area (Å²) in [6, 6.07) is 6.63. The average molecular weight is 386 g/mol. The molecule has 0 saturated heterocycles. The molecule has 1 N–H and O–H groups in total. The number of pyridine rings is 1. The number of sulfonamides is 1. The molecule has 0 bridgehead atoms. The fraction of sp³-hybridized carbons (Fsp3) is 0.312. The minimum absolute atomic E-state index is 0.0732. The van der Waals surface area contributed by atoms with E-state index in [1.807, 2.05) is 0 Å². The molecule has 0 spiro atoms. The second-order valence-electron chi connectivity index (χ2n) is 5.48. The Kier molecular flexibility index (Phi) is 5.91. The van der Waals surface area contributed by atoms with Gasteiger partial charge in [0.1, 0.15) is 11.1 Å². The largest absolute Gasteiger partial charge is 0.264 e. The summed E-state index contributed by atoms with van der Waals surface area (Å²) in [5.41, 5.74) is 0.545. The number of nitrogens with one attached hydrogen (secondary N) is 1. The van der Waals surface area contributed by atoms with Crippen LogP contribution in [0.4, 0.5) is 4.39 Å². The molecule has 0 saturated carbocycles. The van der Waals surface area contributed by atoms with Crippen LogP contribution in [0.2, 0.25) is 0 Å². The standard InChI is InChI=1S/C16H19FN2O4S2/c1-3-24(20,21)19-11-16(13-5-4-8-18-10-13)25(22,23)14-6-7-15(17)12(2)9-14/h4-10,16,19H,3,11H2,1-2H3/t16-/m1/s1. The Hall–Kier alpha value is -1.84. The first-order valence-electron chi connectivity index (χ1n) is 7.54. The Labute approximate surface area is 147 Å². The number of aryl methyl sites for hydroxylation is 1. The first-order chi connectivity index (χ1) is 11.7. The van der Waals surface area contributed by atoms with E-state index in [0.717, 1.165) is 6.07 Å². The third kappa shape index (κ3) is 4.62. The zero-order valence-corrected chi connectivity index (χ0v) is 15.4. The van der Waals surface area contributed by atoms with E-state index in [-0.39, 0.29) is 22.8 Å². The summed E-state index contributed by atoms with van der Waals surface area (Å²) in [4.78, 5) is 3.83. The molecule has 2 aromatic rings. The van der Waals surface area contributed by atoms with Crippen LogP contribution in [0.3, 0.4) is 0 Å². The molecule has 0 radical (unpaired) electrons. The lowest BCUT2D eigenvalue weighted by molar-refractivity contribution is 0.568. The fourth-order valence-electron chi connectivity index (χ4n) is 2.24. The van der Waals surface area contributed by atoms with Gasteiger partial charge in [0.25, 0.3) is 0 Å². The Morgan fingerprint density at radius 3 is 2.48 bits per heavy atom. The molecule has 0 unspecified atom stereocenters. The van der Waals surface area contributed by atoms with Crippen molar-refractivity contribution in [3.8, 4) is 0 Å². The molecule has 0 fully saturated rings. The number of halogens is 1. The van der Waals surface area contributed by atoms with E-state index in [1.54, 1.807) is 12.1 Å². The van der Waals surface area contributed by atoms with Crippen molar-refractivity contribution in [1.82, 2.24) is 9.71 Å². The van der Waals surface area contributed by atoms with Gasteiger partial charge in [-0.05, 0) is 49.2 Å². The molecule has 0 aliphatic heterocycles. The molecule has 1 aromatic heterocycles. The zero-order chi connectivity index (χ0) is 18.7. The van der Waals surface area contributed by atoms with Crippen molar-refractivity contribution < 1.29 is 21.2 Å². The lowest BCUT2D eigenvalue weighted by Crippen LogP contribution is -2.33. The van der Waals surface area contributed by atoms with Crippen molar-refractivity contribution in [3.05, 3.63) is 59.7 Å². The van der Waals surface area contributed by atoms with Gasteiger partial charge in [0.15, 0.2) is 9.84 Å². The van der Waals surface area contributed by atoms with Crippen molar-refractivity contribution >= 4 is 19.9 Å². The first-order valence-corrected chi connectivity index (χ1v) is 10.7. The topological polar surface area (TPSA) is 93.2 Å². The molecule has 136 valence electrons. The van der Waals surface area contributed by atoms with Crippen LogP contribution in [0.1, 0.15) is 23.3 Å². The van der Waals surface area contributed by atoms with Crippen LogP contribution >= 0.6 is 0 Å². The van der Waals surface area contributed by atoms with Gasteiger partial charge in [-0.3, -0.25) is 4.98 Å². The van der Waals surface area contributed by atoms with Crippen molar-refractivity contribution in [2.24, 2.45) is 0 Å². The molecule has 2 rings (SSSR count). The van der Waals surface area contributed by atoms with Crippen LogP contribution in [-0.2, 0) is 19.9 Å². The molecule has 25 heavy (non-hydrogen) atoms. The van der Waals surface area contributed by atoms with Crippen LogP contribution in [0.15, 0.2) is 47.6 Å². The summed E-state index contributed by atoms with van der Waals surface area (Å²) in [6.45, 7) is 2.59. The molecular formula is C16H19FN2O4S2. The molecule has 1 aromatic carbocycles. The van der Waals surface area contributed by atoms with E-state index in [2.05, 4.69) is 9.71 Å². The smallest absolute Gasteiger partial charge is 0.211 e. The predicted molar refractivity (Wildman–Crippen MR) is 92.8 cm³/mol. The van der Waals surface area contributed by atoms with E-state index in [4.69, 9.17) is 0 Å². The fourth-order valence-corrected chi connectivity index (χ4v) is 4.69. The molecule has 9 heteroatoms. The van der Waals surface area contributed by atoms with E-state index < -0.39 is 30.9 Å². The summed E-state index contributed by atoms with van der Waals surface area (Å²) in [5, 5.41) is -1.17. The van der Waals surface area contributed by atoms with Gasteiger partial charge in [0, 0.05) is 18.9 Å². The minimum atomic E-state index is -3.96. The van der Waals surface area contributed by atoms with Gasteiger partial charge in [0.05, 0.1) is 10.6 Å². The third-order valence-corrected chi connectivity index (χ3v) is 7.22. The highest BCUT2D eigenvalue weighted by Crippen LogP contribution is 2.29. The van der Waals surface area contributed by atoms with Crippen molar-refractivity contribution in [1.29, 1.82) is 0 Å². The highest BCUT2D eigenvalue weighted by Gasteiger charge is 2.30. The molecule has 0 aliphatic rings. The summed E-state index contributed by atoms with van der Waals surface area (Å²) in [6.07, 6.45) is 2.87. The number of aromatic nitrogens is 1. The first kappa shape index (κ1) is 19.5. The van der Waals surface area contributed by atoms with Gasteiger partial charge in [-0.1, -0.05) is 6.07 Å². The van der Waals surface area contributed by atoms with Crippen LogP contribution < -0.4 is 4.72 Å². The maximum absolute atomic E-state index is 13.5. The zero-order valence-electron chi connectivity index (χ0n) is 13.8. The van der Waals surface area contributed by atoms with Crippen LogP contribution in [0, 0.1) is 12.7 Å². The number of sulfone groups is 1. The molecule has 1 atom stereocenters. The highest BCUT2D eigenvalue weighted by atomic mass is 32.2. The van der Waals surface area contributed by atoms with E-state index in [0.29, 0.717) is 5.56 Å². The van der Waals surface area contributed by atoms with E-state index in [1.165, 1.54) is 38.4 Å². The van der Waals surface area contributed by atoms with Crippen LogP contribution in [0.25, 0.3) is 0 Å². The van der Waals surface area contributed by atoms with Crippen LogP contribution in [-0.4, -0.2) is 34.1 Å². The lowest BCUT2D eigenvalue weighted by atomic mass is 10.2. The van der Waals surface area contributed by atoms with Crippen molar-refractivity contribution in [2.75, 3.05) is 12.3 Å². The van der Waals surface area contributed by atoms with Gasteiger partial charge >= 0.3 is 0 Å². The highest BCUT2D eigenvalue weighted by molar-refractivity contribution is 7.92. The molecule has 6 nitrogen and oxygen atoms in total. The summed E-state index contributed by atoms with van der Waals surface area (Å²) < 4.78 is 65.3. The second kappa shape index (κ2) is 7.59. The number of benzene rings is 1. The Balaban J connectivity index is 2.48. The van der Waals surface area contributed by atoms with Crippen molar-refractivity contribution in [2.45, 2.75) is 24.0 Å². The number of rotatable bonds is 7. The Morgan fingerprint density at radius 2 is 1.92 bits per heavy atom. The Morgan fingerprint density at radius 1 is 1.20 bits per heavy atom. The number of hydrogen-bond donors (Lipinski definition) is 1. The third-order valence-electron chi connectivity index (χ3n) is 3.76. The molecule has 0 aliphatic carbocycles. The van der Waals surface area contributed by atoms with Gasteiger partial charge in [-0.25, -0.2) is 25.9 Å². The predicted octanol–water partition coefficient (Wildman–Crippen LogP) is 1.98. The molecular weight excluding hydrogens is 367 g/mol. The molecule has 1 heterocycles. The maximum Gasteiger partial charge on any atom is 0.211 e. The molecule has 0 amide bonds. The van der Waals surface area contributed by atoms with Gasteiger partial charge < -0.3 is 0 Å². The normalized spacial score (nSPS) is 13.6. The SMILES string of the molecule is CCS(=O)(=O)NC[C@H](c1cccnc1)S(=O)(=O)c1ccc(F)c(C)c1. The lowest BCUT2D eigenvalue weighted by Gasteiger charge is -2.19. The van der Waals surface area contributed by atoms with Crippen molar-refractivity contribution in [3.63, 3.8) is 0 Å². The van der Waals surface area contributed by atoms with E-state index in [9.17, 15) is 21.2 Å². The second-order valence-corrected chi connectivity index (χ2v) is 9.71. The average Bonchev–Trinajstić information content (AvgIpc) is 2.58. The van der Waals surface area contributed by atoms with E-state index >= 15 is 0 Å². The van der Waals surface area contributed by atoms with Gasteiger partial charge in [-0.2, -0.15) is 0 Å². The maximum atomic E-state index is 13.5.